The molecule has 0 saturated heterocycles. The van der Waals surface area contributed by atoms with Crippen LogP contribution in [0.2, 0.25) is 0 Å². The minimum Gasteiger partial charge on any atom is -0.310 e. The maximum atomic E-state index is 2.64. The molecule has 2 fully saturated rings. The summed E-state index contributed by atoms with van der Waals surface area (Å²) in [5.74, 6) is 1.34. The third-order valence-corrected chi connectivity index (χ3v) is 15.6. The Morgan fingerprint density at radius 1 is 0.410 bits per heavy atom. The molecule has 0 amide bonds. The summed E-state index contributed by atoms with van der Waals surface area (Å²) in [6.07, 6.45) is 13.5. The SMILES string of the molecule is Cc1ccc2c(c1)C(C1CCCCC1)(C1CCCCC1)c1cc(C)cc(N(c3ccc(-c4ccccc4)cc3)c3ccc(-c4ccc5c(c4)-c4ccccc4C5(C)C)cc3)c1-2. The molecule has 1 heteroatoms. The first-order chi connectivity index (χ1) is 29.8. The predicted octanol–water partition coefficient (Wildman–Crippen LogP) is 16.8. The van der Waals surface area contributed by atoms with E-state index in [2.05, 4.69) is 184 Å². The Labute approximate surface area is 364 Å². The van der Waals surface area contributed by atoms with Crippen molar-refractivity contribution in [1.29, 1.82) is 0 Å². The molecule has 0 radical (unpaired) electrons. The lowest BCUT2D eigenvalue weighted by atomic mass is 9.54. The van der Waals surface area contributed by atoms with Crippen LogP contribution in [0.15, 0.2) is 152 Å². The molecule has 0 heterocycles. The van der Waals surface area contributed by atoms with Crippen LogP contribution >= 0.6 is 0 Å². The van der Waals surface area contributed by atoms with Crippen LogP contribution in [-0.2, 0) is 10.8 Å². The third-order valence-electron chi connectivity index (χ3n) is 15.6. The van der Waals surface area contributed by atoms with Crippen LogP contribution in [0.3, 0.4) is 0 Å². The van der Waals surface area contributed by atoms with Gasteiger partial charge in [-0.05, 0) is 155 Å². The van der Waals surface area contributed by atoms with Crippen LogP contribution in [0.5, 0.6) is 0 Å². The van der Waals surface area contributed by atoms with E-state index in [9.17, 15) is 0 Å². The summed E-state index contributed by atoms with van der Waals surface area (Å²) < 4.78 is 0. The van der Waals surface area contributed by atoms with Crippen LogP contribution in [0, 0.1) is 25.7 Å². The molecule has 0 N–H and O–H groups in total. The minimum atomic E-state index is 0.00181. The van der Waals surface area contributed by atoms with E-state index in [1.54, 1.807) is 11.1 Å². The Balaban J connectivity index is 1.09. The van der Waals surface area contributed by atoms with Gasteiger partial charge < -0.3 is 4.90 Å². The monoisotopic (exact) mass is 793 g/mol. The van der Waals surface area contributed by atoms with E-state index in [4.69, 9.17) is 0 Å². The molecule has 304 valence electrons. The Morgan fingerprint density at radius 2 is 0.951 bits per heavy atom. The first-order valence-electron chi connectivity index (χ1n) is 23.4. The van der Waals surface area contributed by atoms with E-state index in [1.165, 1.54) is 148 Å². The summed E-state index contributed by atoms with van der Waals surface area (Å²) in [6.45, 7) is 9.41. The maximum Gasteiger partial charge on any atom is 0.0545 e. The summed E-state index contributed by atoms with van der Waals surface area (Å²) in [4.78, 5) is 2.59. The number of fused-ring (bicyclic) bond motifs is 6. The van der Waals surface area contributed by atoms with Gasteiger partial charge in [0.05, 0.1) is 5.69 Å². The van der Waals surface area contributed by atoms with Crippen molar-refractivity contribution in [2.24, 2.45) is 11.8 Å². The molecule has 0 aliphatic heterocycles. The van der Waals surface area contributed by atoms with E-state index >= 15 is 0 Å². The molecule has 1 nitrogen and oxygen atoms in total. The van der Waals surface area contributed by atoms with Crippen LogP contribution in [0.25, 0.3) is 44.5 Å². The number of hydrogen-bond acceptors (Lipinski definition) is 1. The number of anilines is 3. The van der Waals surface area contributed by atoms with Gasteiger partial charge in [-0.3, -0.25) is 0 Å². The number of hydrogen-bond donors (Lipinski definition) is 0. The van der Waals surface area contributed by atoms with Crippen molar-refractivity contribution in [3.63, 3.8) is 0 Å². The van der Waals surface area contributed by atoms with E-state index in [-0.39, 0.29) is 10.8 Å². The van der Waals surface area contributed by atoms with Gasteiger partial charge in [0.1, 0.15) is 0 Å². The first-order valence-corrected chi connectivity index (χ1v) is 23.4. The molecule has 61 heavy (non-hydrogen) atoms. The minimum absolute atomic E-state index is 0.00181. The average Bonchev–Trinajstić information content (AvgIpc) is 3.72. The van der Waals surface area contributed by atoms with Crippen molar-refractivity contribution in [2.75, 3.05) is 4.90 Å². The highest BCUT2D eigenvalue weighted by atomic mass is 15.1. The van der Waals surface area contributed by atoms with Crippen molar-refractivity contribution in [3.8, 4) is 44.5 Å². The molecule has 0 bridgehead atoms. The number of benzene rings is 7. The molecular weight excluding hydrogens is 735 g/mol. The van der Waals surface area contributed by atoms with E-state index in [0.29, 0.717) is 11.8 Å². The lowest BCUT2D eigenvalue weighted by Crippen LogP contribution is -2.44. The van der Waals surface area contributed by atoms with Gasteiger partial charge in [0.15, 0.2) is 0 Å². The quantitative estimate of drug-likeness (QED) is 0.155. The molecule has 0 atom stereocenters. The summed E-state index contributed by atoms with van der Waals surface area (Å²) >= 11 is 0. The second-order valence-corrected chi connectivity index (χ2v) is 19.5. The zero-order valence-corrected chi connectivity index (χ0v) is 36.6. The fraction of sp³-hybridized carbons (Fsp3) is 0.300. The molecule has 7 aromatic carbocycles. The molecular formula is C60H59N. The Morgan fingerprint density at radius 3 is 1.61 bits per heavy atom. The Hall–Kier alpha value is -5.66. The van der Waals surface area contributed by atoms with Crippen molar-refractivity contribution in [1.82, 2.24) is 0 Å². The van der Waals surface area contributed by atoms with E-state index in [0.717, 1.165) is 0 Å². The van der Waals surface area contributed by atoms with Crippen molar-refractivity contribution in [2.45, 2.75) is 103 Å². The van der Waals surface area contributed by atoms with Crippen LogP contribution in [0.4, 0.5) is 17.1 Å². The van der Waals surface area contributed by atoms with Crippen molar-refractivity contribution >= 4 is 17.1 Å². The van der Waals surface area contributed by atoms with Gasteiger partial charge in [-0.15, -0.1) is 0 Å². The highest BCUT2D eigenvalue weighted by Gasteiger charge is 2.54. The highest BCUT2D eigenvalue weighted by molar-refractivity contribution is 5.96. The van der Waals surface area contributed by atoms with Crippen LogP contribution < -0.4 is 4.90 Å². The molecule has 0 aromatic heterocycles. The van der Waals surface area contributed by atoms with Gasteiger partial charge in [-0.25, -0.2) is 0 Å². The largest absolute Gasteiger partial charge is 0.310 e. The zero-order valence-electron chi connectivity index (χ0n) is 36.6. The van der Waals surface area contributed by atoms with Gasteiger partial charge in [0, 0.05) is 27.8 Å². The standard InChI is InChI=1S/C60H59N/c1-40-24-34-51-55(36-40)60(46-18-10-6-11-19-46,47-20-12-7-13-21-47)56-37-41(2)38-57(58(51)56)61(48-30-25-43(26-31-48)42-16-8-5-9-17-42)49-32-27-44(28-33-49)45-29-35-54-52(39-45)50-22-14-15-23-53(50)59(54,3)4/h5,8-9,14-17,22-39,46-47H,6-7,10-13,18-21H2,1-4H3. The van der Waals surface area contributed by atoms with Crippen LogP contribution in [-0.4, -0.2) is 0 Å². The molecule has 0 spiro atoms. The van der Waals surface area contributed by atoms with Crippen molar-refractivity contribution in [3.05, 3.63) is 185 Å². The smallest absolute Gasteiger partial charge is 0.0545 e. The third kappa shape index (κ3) is 6.17. The predicted molar refractivity (Wildman–Crippen MR) is 258 cm³/mol. The van der Waals surface area contributed by atoms with Gasteiger partial charge in [0.25, 0.3) is 0 Å². The molecule has 4 aliphatic carbocycles. The molecule has 4 aliphatic rings. The Bertz CT molecular complexity index is 2720. The molecule has 11 rings (SSSR count). The first kappa shape index (κ1) is 38.3. The topological polar surface area (TPSA) is 3.24 Å². The Kier molecular flexibility index (Phi) is 9.45. The lowest BCUT2D eigenvalue weighted by Gasteiger charge is -2.49. The van der Waals surface area contributed by atoms with Gasteiger partial charge in [0.2, 0.25) is 0 Å². The summed E-state index contributed by atoms with van der Waals surface area (Å²) in [5.41, 5.74) is 23.2. The molecule has 0 unspecified atom stereocenters. The molecule has 2 saturated carbocycles. The zero-order chi connectivity index (χ0) is 41.3. The van der Waals surface area contributed by atoms with Gasteiger partial charge >= 0.3 is 0 Å². The van der Waals surface area contributed by atoms with Gasteiger partial charge in [-0.2, -0.15) is 0 Å². The second-order valence-electron chi connectivity index (χ2n) is 19.5. The van der Waals surface area contributed by atoms with Gasteiger partial charge in [-0.1, -0.05) is 173 Å². The summed E-state index contributed by atoms with van der Waals surface area (Å²) in [5, 5.41) is 0. The number of nitrogens with zero attached hydrogens (tertiary/aromatic N) is 1. The number of rotatable bonds is 7. The fourth-order valence-electron chi connectivity index (χ4n) is 12.8. The highest BCUT2D eigenvalue weighted by Crippen LogP contribution is 2.64. The summed E-state index contributed by atoms with van der Waals surface area (Å²) in [6, 6.07) is 58.4. The van der Waals surface area contributed by atoms with E-state index < -0.39 is 0 Å². The maximum absolute atomic E-state index is 2.64. The average molecular weight is 794 g/mol. The fourth-order valence-corrected chi connectivity index (χ4v) is 12.8. The molecule has 7 aromatic rings. The van der Waals surface area contributed by atoms with Crippen molar-refractivity contribution < 1.29 is 0 Å². The normalized spacial score (nSPS) is 17.6. The summed E-state index contributed by atoms with van der Waals surface area (Å²) in [7, 11) is 0. The van der Waals surface area contributed by atoms with E-state index in [1.807, 2.05) is 0 Å². The second kappa shape index (κ2) is 15.1. The van der Waals surface area contributed by atoms with Crippen LogP contribution in [0.1, 0.15) is 111 Å². The lowest BCUT2D eigenvalue weighted by molar-refractivity contribution is 0.137. The number of aryl methyl sites for hydroxylation is 2.